The molecule has 5 rings (SSSR count). The van der Waals surface area contributed by atoms with Gasteiger partial charge in [0.1, 0.15) is 18.3 Å². The van der Waals surface area contributed by atoms with E-state index in [9.17, 15) is 30.3 Å². The molecular weight excluding hydrogens is 444 g/mol. The van der Waals surface area contributed by atoms with Crippen molar-refractivity contribution in [2.45, 2.75) is 88.2 Å². The number of fused-ring (bicyclic) bond motifs is 5. The van der Waals surface area contributed by atoms with Crippen molar-refractivity contribution in [2.75, 3.05) is 7.11 Å². The Morgan fingerprint density at radius 2 is 1.82 bits per heavy atom. The molecule has 1 aliphatic heterocycles. The third-order valence-corrected chi connectivity index (χ3v) is 9.04. The van der Waals surface area contributed by atoms with Crippen molar-refractivity contribution < 1.29 is 44.5 Å². The number of ether oxygens (including phenoxy) is 3. The third kappa shape index (κ3) is 3.52. The highest BCUT2D eigenvalue weighted by atomic mass is 16.7. The highest BCUT2D eigenvalue weighted by Crippen LogP contribution is 2.61. The van der Waals surface area contributed by atoms with Gasteiger partial charge in [0, 0.05) is 5.56 Å². The van der Waals surface area contributed by atoms with Crippen LogP contribution in [0.25, 0.3) is 0 Å². The van der Waals surface area contributed by atoms with E-state index in [-0.39, 0.29) is 17.3 Å². The maximum absolute atomic E-state index is 11.4. The smallest absolute Gasteiger partial charge is 0.335 e. The van der Waals surface area contributed by atoms with Gasteiger partial charge >= 0.3 is 5.97 Å². The standard InChI is InChI=1S/C25H34O9/c1-25-10-9-12-11-5-7-16(33-24-20(29)18(27)19(28)22(34-24)23(30)31)21(32-2)14(11)4-3-13(12)15(25)6-8-17(25)26/h5,7,12-13,15,17-20,22,24,26-29H,3-4,6,8-10H2,1-2H3,(H,30,31)/t12-,13-,15+,17+,18+,19+,20-,22+,24-,25+/m1/s1. The molecule has 1 aromatic carbocycles. The number of aliphatic carboxylic acids is 1. The molecular formula is C25H34O9. The molecule has 9 nitrogen and oxygen atoms in total. The first-order valence-corrected chi connectivity index (χ1v) is 12.1. The second kappa shape index (κ2) is 8.64. The van der Waals surface area contributed by atoms with E-state index in [0.717, 1.165) is 44.1 Å². The number of carboxylic acid groups (broad SMARTS) is 1. The average molecular weight is 479 g/mol. The van der Waals surface area contributed by atoms with Gasteiger partial charge < -0.3 is 39.7 Å². The monoisotopic (exact) mass is 478 g/mol. The molecule has 1 heterocycles. The van der Waals surface area contributed by atoms with E-state index in [1.807, 2.05) is 6.07 Å². The minimum Gasteiger partial charge on any atom is -0.493 e. The van der Waals surface area contributed by atoms with Gasteiger partial charge in [-0.1, -0.05) is 13.0 Å². The zero-order valence-corrected chi connectivity index (χ0v) is 19.5. The van der Waals surface area contributed by atoms with Crippen LogP contribution >= 0.6 is 0 Å². The summed E-state index contributed by atoms with van der Waals surface area (Å²) in [7, 11) is 1.54. The fraction of sp³-hybridized carbons (Fsp3) is 0.720. The molecule has 0 spiro atoms. The van der Waals surface area contributed by atoms with E-state index in [4.69, 9.17) is 14.2 Å². The fourth-order valence-electron chi connectivity index (χ4n) is 7.18. The molecule has 3 fully saturated rings. The number of rotatable bonds is 4. The van der Waals surface area contributed by atoms with Crippen molar-refractivity contribution in [3.05, 3.63) is 23.3 Å². The Hall–Kier alpha value is -1.91. The summed E-state index contributed by atoms with van der Waals surface area (Å²) in [6, 6.07) is 3.74. The lowest BCUT2D eigenvalue weighted by atomic mass is 9.55. The molecule has 9 heteroatoms. The Kier molecular flexibility index (Phi) is 6.05. The maximum Gasteiger partial charge on any atom is 0.335 e. The van der Waals surface area contributed by atoms with Crippen molar-refractivity contribution in [3.8, 4) is 11.5 Å². The van der Waals surface area contributed by atoms with Crippen LogP contribution < -0.4 is 9.47 Å². The van der Waals surface area contributed by atoms with Crippen LogP contribution in [0.5, 0.6) is 11.5 Å². The zero-order valence-electron chi connectivity index (χ0n) is 19.5. The number of carboxylic acids is 1. The van der Waals surface area contributed by atoms with Crippen LogP contribution in [-0.4, -0.2) is 75.4 Å². The number of benzene rings is 1. The summed E-state index contributed by atoms with van der Waals surface area (Å²) in [5.74, 6) is 0.725. The quantitative estimate of drug-likeness (QED) is 0.431. The lowest BCUT2D eigenvalue weighted by Crippen LogP contribution is -2.61. The lowest BCUT2D eigenvalue weighted by Gasteiger charge is -2.50. The van der Waals surface area contributed by atoms with Gasteiger partial charge in [-0.3, -0.25) is 0 Å². The van der Waals surface area contributed by atoms with Gasteiger partial charge in [-0.2, -0.15) is 0 Å². The maximum atomic E-state index is 11.4. The minimum absolute atomic E-state index is 0.00759. The Morgan fingerprint density at radius 3 is 2.53 bits per heavy atom. The predicted molar refractivity (Wildman–Crippen MR) is 119 cm³/mol. The normalized spacial score (nSPS) is 43.4. The van der Waals surface area contributed by atoms with Crippen LogP contribution in [-0.2, 0) is 16.0 Å². The van der Waals surface area contributed by atoms with Gasteiger partial charge in [-0.25, -0.2) is 4.79 Å². The number of hydrogen-bond acceptors (Lipinski definition) is 8. The predicted octanol–water partition coefficient (Wildman–Crippen LogP) is 1.18. The second-order valence-corrected chi connectivity index (χ2v) is 10.6. The molecule has 5 N–H and O–H groups in total. The molecule has 34 heavy (non-hydrogen) atoms. The van der Waals surface area contributed by atoms with Crippen LogP contribution in [0, 0.1) is 17.3 Å². The molecule has 0 radical (unpaired) electrons. The lowest BCUT2D eigenvalue weighted by molar-refractivity contribution is -0.271. The second-order valence-electron chi connectivity index (χ2n) is 10.6. The molecule has 188 valence electrons. The van der Waals surface area contributed by atoms with Gasteiger partial charge in [0.15, 0.2) is 17.6 Å². The minimum atomic E-state index is -1.78. The first-order chi connectivity index (χ1) is 16.2. The van der Waals surface area contributed by atoms with Gasteiger partial charge in [-0.15, -0.1) is 0 Å². The van der Waals surface area contributed by atoms with Gasteiger partial charge in [0.2, 0.25) is 6.29 Å². The van der Waals surface area contributed by atoms with Gasteiger partial charge in [-0.05, 0) is 73.3 Å². The Morgan fingerprint density at radius 1 is 1.06 bits per heavy atom. The molecule has 4 aliphatic rings. The number of aliphatic hydroxyl groups excluding tert-OH is 4. The Labute approximate surface area is 198 Å². The summed E-state index contributed by atoms with van der Waals surface area (Å²) < 4.78 is 16.8. The first kappa shape index (κ1) is 23.8. The van der Waals surface area contributed by atoms with Crippen molar-refractivity contribution in [2.24, 2.45) is 17.3 Å². The zero-order chi connectivity index (χ0) is 24.4. The molecule has 10 atom stereocenters. The van der Waals surface area contributed by atoms with E-state index >= 15 is 0 Å². The molecule has 1 aromatic rings. The van der Waals surface area contributed by atoms with Crippen LogP contribution in [0.1, 0.15) is 56.1 Å². The summed E-state index contributed by atoms with van der Waals surface area (Å²) in [4.78, 5) is 11.4. The summed E-state index contributed by atoms with van der Waals surface area (Å²) in [6.45, 7) is 2.24. The third-order valence-electron chi connectivity index (χ3n) is 9.04. The summed E-state index contributed by atoms with van der Waals surface area (Å²) in [5, 5.41) is 50.3. The van der Waals surface area contributed by atoms with Crippen LogP contribution in [0.2, 0.25) is 0 Å². The largest absolute Gasteiger partial charge is 0.493 e. The van der Waals surface area contributed by atoms with E-state index in [1.165, 1.54) is 12.7 Å². The summed E-state index contributed by atoms with van der Waals surface area (Å²) >= 11 is 0. The molecule has 2 saturated carbocycles. The molecule has 1 saturated heterocycles. The van der Waals surface area contributed by atoms with Crippen molar-refractivity contribution in [1.82, 2.24) is 0 Å². The number of hydrogen-bond donors (Lipinski definition) is 5. The molecule has 3 aliphatic carbocycles. The molecule has 0 unspecified atom stereocenters. The number of aliphatic hydroxyl groups is 4. The van der Waals surface area contributed by atoms with Crippen LogP contribution in [0.4, 0.5) is 0 Å². The SMILES string of the molecule is COc1c(O[C@@H]2O[C@H](C(=O)O)[C@@H](O)[C@H](O)[C@H]2O)ccc2c1CC[C@@H]1[C@@H]2CC[C@]2(C)[C@@H](O)CC[C@@H]12. The van der Waals surface area contributed by atoms with Gasteiger partial charge in [0.25, 0.3) is 0 Å². The topological polar surface area (TPSA) is 146 Å². The van der Waals surface area contributed by atoms with E-state index in [0.29, 0.717) is 23.5 Å². The van der Waals surface area contributed by atoms with Gasteiger partial charge in [0.05, 0.1) is 13.2 Å². The van der Waals surface area contributed by atoms with E-state index in [2.05, 4.69) is 6.92 Å². The van der Waals surface area contributed by atoms with Crippen LogP contribution in [0.15, 0.2) is 12.1 Å². The molecule has 0 bridgehead atoms. The van der Waals surface area contributed by atoms with Crippen molar-refractivity contribution in [3.63, 3.8) is 0 Å². The van der Waals surface area contributed by atoms with Crippen LogP contribution in [0.3, 0.4) is 0 Å². The highest BCUT2D eigenvalue weighted by molar-refractivity contribution is 5.73. The van der Waals surface area contributed by atoms with E-state index in [1.54, 1.807) is 6.07 Å². The Bertz CT molecular complexity index is 951. The summed E-state index contributed by atoms with van der Waals surface area (Å²) in [5.41, 5.74) is 2.24. The number of carbonyl (C=O) groups is 1. The summed E-state index contributed by atoms with van der Waals surface area (Å²) in [6.07, 6.45) is -2.91. The first-order valence-electron chi connectivity index (χ1n) is 12.1. The molecule has 0 amide bonds. The van der Waals surface area contributed by atoms with Crippen molar-refractivity contribution >= 4 is 5.97 Å². The molecule has 0 aromatic heterocycles. The average Bonchev–Trinajstić information content (AvgIpc) is 3.13. The van der Waals surface area contributed by atoms with E-state index < -0.39 is 36.7 Å². The Balaban J connectivity index is 1.42. The fourth-order valence-corrected chi connectivity index (χ4v) is 7.18. The highest BCUT2D eigenvalue weighted by Gasteiger charge is 2.55. The number of methoxy groups -OCH3 is 1. The van der Waals surface area contributed by atoms with Crippen molar-refractivity contribution in [1.29, 1.82) is 0 Å².